The molecule has 0 aliphatic heterocycles. The van der Waals surface area contributed by atoms with Crippen LogP contribution >= 0.6 is 0 Å². The second-order valence-electron chi connectivity index (χ2n) is 13.2. The Morgan fingerprint density at radius 1 is 0.231 bits per heavy atom. The van der Waals surface area contributed by atoms with Crippen LogP contribution in [-0.4, -0.2) is 15.0 Å². The topological polar surface area (TPSA) is 38.7 Å². The molecule has 0 saturated carbocycles. The quantitative estimate of drug-likeness (QED) is 0.136. The normalized spacial score (nSPS) is 11.5. The van der Waals surface area contributed by atoms with E-state index in [1.165, 1.54) is 54.2 Å². The number of aromatic nitrogens is 3. The molecule has 0 atom stereocenters. The average molecular weight is 662 g/mol. The minimum atomic E-state index is 0.641. The molecule has 0 unspecified atom stereocenters. The number of fused-ring (bicyclic) bond motifs is 5. The van der Waals surface area contributed by atoms with Crippen molar-refractivity contribution in [1.29, 1.82) is 0 Å². The number of hydrogen-bond acceptors (Lipinski definition) is 3. The highest BCUT2D eigenvalue weighted by atomic mass is 15.0. The Labute approximate surface area is 301 Å². The lowest BCUT2D eigenvalue weighted by Gasteiger charge is -2.14. The molecule has 52 heavy (non-hydrogen) atoms. The minimum Gasteiger partial charge on any atom is -0.208 e. The molecule has 0 N–H and O–H groups in total. The Kier molecular flexibility index (Phi) is 7.14. The SMILES string of the molecule is c1ccc(-c2nc(-c3ccc(-c4ccc5ccccc5c4)cc3)nc(-c3ccc(-c4c5ccccc5cc5c4ccc4ccccc45)cc3)n2)cc1. The van der Waals surface area contributed by atoms with Crippen molar-refractivity contribution in [2.75, 3.05) is 0 Å². The lowest BCUT2D eigenvalue weighted by atomic mass is 9.89. The Morgan fingerprint density at radius 2 is 0.712 bits per heavy atom. The van der Waals surface area contributed by atoms with E-state index in [1.807, 2.05) is 30.3 Å². The van der Waals surface area contributed by atoms with Crippen LogP contribution in [-0.2, 0) is 0 Å². The molecular formula is C49H31N3. The molecule has 10 rings (SSSR count). The predicted octanol–water partition coefficient (Wildman–Crippen LogP) is 12.8. The van der Waals surface area contributed by atoms with E-state index in [0.717, 1.165) is 27.8 Å². The Hall–Kier alpha value is -6.97. The summed E-state index contributed by atoms with van der Waals surface area (Å²) in [6.45, 7) is 0. The molecule has 1 aromatic heterocycles. The predicted molar refractivity (Wildman–Crippen MR) is 217 cm³/mol. The highest BCUT2D eigenvalue weighted by Crippen LogP contribution is 2.40. The van der Waals surface area contributed by atoms with Crippen LogP contribution < -0.4 is 0 Å². The van der Waals surface area contributed by atoms with Crippen molar-refractivity contribution in [1.82, 2.24) is 15.0 Å². The zero-order valence-corrected chi connectivity index (χ0v) is 28.2. The van der Waals surface area contributed by atoms with Gasteiger partial charge in [0, 0.05) is 16.7 Å². The maximum atomic E-state index is 5.06. The van der Waals surface area contributed by atoms with Crippen molar-refractivity contribution in [2.24, 2.45) is 0 Å². The molecule has 10 aromatic rings. The van der Waals surface area contributed by atoms with E-state index < -0.39 is 0 Å². The van der Waals surface area contributed by atoms with Gasteiger partial charge in [-0.05, 0) is 77.5 Å². The smallest absolute Gasteiger partial charge is 0.164 e. The Balaban J connectivity index is 1.07. The van der Waals surface area contributed by atoms with Crippen molar-refractivity contribution < 1.29 is 0 Å². The molecule has 0 aliphatic rings. The molecule has 0 aliphatic carbocycles. The molecule has 1 heterocycles. The van der Waals surface area contributed by atoms with Crippen LogP contribution in [0, 0.1) is 0 Å². The van der Waals surface area contributed by atoms with Gasteiger partial charge in [-0.2, -0.15) is 0 Å². The van der Waals surface area contributed by atoms with Crippen LogP contribution in [0.3, 0.4) is 0 Å². The summed E-state index contributed by atoms with van der Waals surface area (Å²) in [5.74, 6) is 1.93. The molecule has 0 radical (unpaired) electrons. The van der Waals surface area contributed by atoms with Gasteiger partial charge in [-0.1, -0.05) is 176 Å². The highest BCUT2D eigenvalue weighted by Gasteiger charge is 2.15. The third-order valence-electron chi connectivity index (χ3n) is 10.1. The van der Waals surface area contributed by atoms with Crippen LogP contribution in [0.4, 0.5) is 0 Å². The monoisotopic (exact) mass is 661 g/mol. The summed E-state index contributed by atoms with van der Waals surface area (Å²) in [5.41, 5.74) is 7.55. The van der Waals surface area contributed by atoms with Crippen LogP contribution in [0.25, 0.3) is 99.5 Å². The van der Waals surface area contributed by atoms with Gasteiger partial charge in [0.2, 0.25) is 0 Å². The van der Waals surface area contributed by atoms with E-state index in [4.69, 9.17) is 15.0 Å². The van der Waals surface area contributed by atoms with Crippen LogP contribution in [0.2, 0.25) is 0 Å². The van der Waals surface area contributed by atoms with Gasteiger partial charge in [-0.3, -0.25) is 0 Å². The second-order valence-corrected chi connectivity index (χ2v) is 13.2. The number of rotatable bonds is 5. The second kappa shape index (κ2) is 12.4. The zero-order valence-electron chi connectivity index (χ0n) is 28.2. The summed E-state index contributed by atoms with van der Waals surface area (Å²) in [4.78, 5) is 15.0. The first kappa shape index (κ1) is 29.9. The maximum Gasteiger partial charge on any atom is 0.164 e. The minimum absolute atomic E-state index is 0.641. The van der Waals surface area contributed by atoms with Gasteiger partial charge in [0.1, 0.15) is 0 Å². The van der Waals surface area contributed by atoms with Gasteiger partial charge >= 0.3 is 0 Å². The standard InChI is InChI=1S/C49H31N3/c1-2-12-36(13-3-1)47-50-48(37-23-18-33(19-24-37)40-27-20-32-10-4-5-14-39(32)30-40)52-49(51-47)38-25-21-35(22-26-38)46-43-17-9-7-15-41(43)31-45-42-16-8-6-11-34(42)28-29-44(45)46/h1-31H. The molecular weight excluding hydrogens is 631 g/mol. The third kappa shape index (κ3) is 5.28. The third-order valence-corrected chi connectivity index (χ3v) is 10.1. The fraction of sp³-hybridized carbons (Fsp3) is 0. The van der Waals surface area contributed by atoms with Gasteiger partial charge in [-0.25, -0.2) is 15.0 Å². The fourth-order valence-electron chi connectivity index (χ4n) is 7.45. The van der Waals surface area contributed by atoms with Crippen molar-refractivity contribution in [3.63, 3.8) is 0 Å². The summed E-state index contributed by atoms with van der Waals surface area (Å²) in [6.07, 6.45) is 0. The first-order chi connectivity index (χ1) is 25.7. The van der Waals surface area contributed by atoms with Crippen LogP contribution in [0.5, 0.6) is 0 Å². The molecule has 242 valence electrons. The zero-order chi connectivity index (χ0) is 34.4. The van der Waals surface area contributed by atoms with Gasteiger partial charge in [0.05, 0.1) is 0 Å². The lowest BCUT2D eigenvalue weighted by Crippen LogP contribution is -2.00. The van der Waals surface area contributed by atoms with Crippen molar-refractivity contribution in [3.05, 3.63) is 188 Å². The number of benzene rings is 9. The van der Waals surface area contributed by atoms with E-state index in [0.29, 0.717) is 17.5 Å². The fourth-order valence-corrected chi connectivity index (χ4v) is 7.45. The van der Waals surface area contributed by atoms with Gasteiger partial charge < -0.3 is 0 Å². The van der Waals surface area contributed by atoms with Gasteiger partial charge in [0.25, 0.3) is 0 Å². The van der Waals surface area contributed by atoms with E-state index >= 15 is 0 Å². The van der Waals surface area contributed by atoms with E-state index in [9.17, 15) is 0 Å². The highest BCUT2D eigenvalue weighted by molar-refractivity contribution is 6.20. The first-order valence-corrected chi connectivity index (χ1v) is 17.6. The maximum absolute atomic E-state index is 5.06. The largest absolute Gasteiger partial charge is 0.208 e. The average Bonchev–Trinajstić information content (AvgIpc) is 3.23. The molecule has 0 bridgehead atoms. The summed E-state index contributed by atoms with van der Waals surface area (Å²) in [7, 11) is 0. The molecule has 0 saturated heterocycles. The van der Waals surface area contributed by atoms with Gasteiger partial charge in [-0.15, -0.1) is 0 Å². The molecule has 3 heteroatoms. The van der Waals surface area contributed by atoms with E-state index in [1.54, 1.807) is 0 Å². The summed E-state index contributed by atoms with van der Waals surface area (Å²) in [6, 6.07) is 66.5. The van der Waals surface area contributed by atoms with E-state index in [2.05, 4.69) is 158 Å². The summed E-state index contributed by atoms with van der Waals surface area (Å²) >= 11 is 0. The Bertz CT molecular complexity index is 2930. The van der Waals surface area contributed by atoms with Crippen molar-refractivity contribution in [2.45, 2.75) is 0 Å². The molecule has 0 spiro atoms. The number of hydrogen-bond donors (Lipinski definition) is 0. The van der Waals surface area contributed by atoms with E-state index in [-0.39, 0.29) is 0 Å². The summed E-state index contributed by atoms with van der Waals surface area (Å²) in [5, 5.41) is 9.94. The van der Waals surface area contributed by atoms with Crippen molar-refractivity contribution >= 4 is 43.1 Å². The lowest BCUT2D eigenvalue weighted by molar-refractivity contribution is 1.07. The van der Waals surface area contributed by atoms with Crippen LogP contribution in [0.1, 0.15) is 0 Å². The molecule has 0 amide bonds. The van der Waals surface area contributed by atoms with Gasteiger partial charge in [0.15, 0.2) is 17.5 Å². The first-order valence-electron chi connectivity index (χ1n) is 17.6. The molecule has 0 fully saturated rings. The summed E-state index contributed by atoms with van der Waals surface area (Å²) < 4.78 is 0. The molecule has 9 aromatic carbocycles. The van der Waals surface area contributed by atoms with Crippen molar-refractivity contribution in [3.8, 4) is 56.4 Å². The number of nitrogens with zero attached hydrogens (tertiary/aromatic N) is 3. The molecule has 3 nitrogen and oxygen atoms in total. The van der Waals surface area contributed by atoms with Crippen LogP contribution in [0.15, 0.2) is 188 Å². The Morgan fingerprint density at radius 3 is 1.40 bits per heavy atom.